The molecule has 0 fully saturated rings. The van der Waals surface area contributed by atoms with Gasteiger partial charge >= 0.3 is 0 Å². The zero-order valence-corrected chi connectivity index (χ0v) is 15.4. The Bertz CT molecular complexity index is 715. The number of hydrazone groups is 1. The highest BCUT2D eigenvalue weighted by atomic mass is 127. The van der Waals surface area contributed by atoms with E-state index in [4.69, 9.17) is 0 Å². The summed E-state index contributed by atoms with van der Waals surface area (Å²) in [5, 5.41) is 13.8. The van der Waals surface area contributed by atoms with E-state index in [1.54, 1.807) is 18.2 Å². The summed E-state index contributed by atoms with van der Waals surface area (Å²) in [7, 11) is 0. The van der Waals surface area contributed by atoms with Crippen LogP contribution in [0, 0.1) is 14.1 Å². The number of phenolic OH excluding ortho intramolecular Hbond substituents is 1. The van der Waals surface area contributed by atoms with Crippen molar-refractivity contribution in [1.82, 2.24) is 5.43 Å². The van der Waals surface area contributed by atoms with Gasteiger partial charge in [-0.3, -0.25) is 4.79 Å². The van der Waals surface area contributed by atoms with Crippen LogP contribution in [0.15, 0.2) is 41.5 Å². The molecular formula is C15H12I2N2O2. The number of carbonyl (C=O) groups is 1. The van der Waals surface area contributed by atoms with Crippen molar-refractivity contribution >= 4 is 57.3 Å². The first-order chi connectivity index (χ1) is 9.99. The first-order valence-corrected chi connectivity index (χ1v) is 8.22. The van der Waals surface area contributed by atoms with Gasteiger partial charge in [-0.2, -0.15) is 5.10 Å². The van der Waals surface area contributed by atoms with Gasteiger partial charge < -0.3 is 5.11 Å². The molecule has 6 heteroatoms. The summed E-state index contributed by atoms with van der Waals surface area (Å²) in [5.41, 5.74) is 4.50. The maximum absolute atomic E-state index is 12.0. The van der Waals surface area contributed by atoms with Crippen LogP contribution in [0.25, 0.3) is 0 Å². The Balaban J connectivity index is 2.13. The number of aromatic hydroxyl groups is 1. The SMILES string of the molecule is Cc1ccccc1C(=O)N/N=C/c1cc(I)cc(I)c1O. The summed E-state index contributed by atoms with van der Waals surface area (Å²) in [4.78, 5) is 12.0. The Kier molecular flexibility index (Phi) is 5.57. The number of nitrogens with zero attached hydrogens (tertiary/aromatic N) is 1. The fourth-order valence-electron chi connectivity index (χ4n) is 1.73. The summed E-state index contributed by atoms with van der Waals surface area (Å²) in [6, 6.07) is 10.9. The van der Waals surface area contributed by atoms with Crippen LogP contribution in [0.5, 0.6) is 5.75 Å². The van der Waals surface area contributed by atoms with E-state index in [1.165, 1.54) is 6.21 Å². The van der Waals surface area contributed by atoms with Gasteiger partial charge in [-0.05, 0) is 75.9 Å². The van der Waals surface area contributed by atoms with Crippen LogP contribution in [-0.2, 0) is 0 Å². The van der Waals surface area contributed by atoms with Gasteiger partial charge in [0.05, 0.1) is 9.78 Å². The molecule has 108 valence electrons. The molecule has 2 aromatic carbocycles. The summed E-state index contributed by atoms with van der Waals surface area (Å²) in [6.07, 6.45) is 1.44. The maximum Gasteiger partial charge on any atom is 0.271 e. The molecule has 0 saturated carbocycles. The smallest absolute Gasteiger partial charge is 0.271 e. The topological polar surface area (TPSA) is 61.7 Å². The largest absolute Gasteiger partial charge is 0.506 e. The van der Waals surface area contributed by atoms with Crippen LogP contribution in [-0.4, -0.2) is 17.2 Å². The van der Waals surface area contributed by atoms with Crippen LogP contribution in [0.2, 0.25) is 0 Å². The standard InChI is InChI=1S/C15H12I2N2O2/c1-9-4-2-3-5-12(9)15(21)19-18-8-10-6-11(16)7-13(17)14(10)20/h2-8,20H,1H3,(H,19,21)/b18-8+. The van der Waals surface area contributed by atoms with Crippen LogP contribution < -0.4 is 5.43 Å². The Hall–Kier alpha value is -1.16. The second kappa shape index (κ2) is 7.21. The molecule has 0 unspecified atom stereocenters. The molecule has 1 amide bonds. The highest BCUT2D eigenvalue weighted by Crippen LogP contribution is 2.25. The molecule has 0 bridgehead atoms. The summed E-state index contributed by atoms with van der Waals surface area (Å²) in [6.45, 7) is 1.87. The van der Waals surface area contributed by atoms with Gasteiger partial charge in [-0.15, -0.1) is 0 Å². The predicted octanol–water partition coefficient (Wildman–Crippen LogP) is 3.67. The number of rotatable bonds is 3. The van der Waals surface area contributed by atoms with E-state index in [9.17, 15) is 9.90 Å². The van der Waals surface area contributed by atoms with Gasteiger partial charge in [-0.1, -0.05) is 18.2 Å². The number of phenols is 1. The lowest BCUT2D eigenvalue weighted by Crippen LogP contribution is -2.18. The first-order valence-electron chi connectivity index (χ1n) is 6.06. The fraction of sp³-hybridized carbons (Fsp3) is 0.0667. The average Bonchev–Trinajstić information content (AvgIpc) is 2.44. The third-order valence-corrected chi connectivity index (χ3v) is 4.26. The number of halogens is 2. The van der Waals surface area contributed by atoms with Crippen LogP contribution >= 0.6 is 45.2 Å². The molecule has 0 aliphatic carbocycles. The van der Waals surface area contributed by atoms with Crippen molar-refractivity contribution in [2.45, 2.75) is 6.92 Å². The number of nitrogens with one attached hydrogen (secondary N) is 1. The van der Waals surface area contributed by atoms with E-state index in [2.05, 4.69) is 55.7 Å². The summed E-state index contributed by atoms with van der Waals surface area (Å²) in [5.74, 6) is -0.117. The summed E-state index contributed by atoms with van der Waals surface area (Å²) < 4.78 is 1.73. The molecule has 0 aromatic heterocycles. The van der Waals surface area contributed by atoms with Crippen molar-refractivity contribution in [3.8, 4) is 5.75 Å². The quantitative estimate of drug-likeness (QED) is 0.380. The molecule has 21 heavy (non-hydrogen) atoms. The maximum atomic E-state index is 12.0. The second-order valence-electron chi connectivity index (χ2n) is 4.34. The van der Waals surface area contributed by atoms with Gasteiger partial charge in [-0.25, -0.2) is 5.43 Å². The van der Waals surface area contributed by atoms with Crippen molar-refractivity contribution in [2.24, 2.45) is 5.10 Å². The molecule has 0 aliphatic heterocycles. The van der Waals surface area contributed by atoms with Crippen LogP contribution in [0.4, 0.5) is 0 Å². The van der Waals surface area contributed by atoms with Gasteiger partial charge in [0, 0.05) is 14.7 Å². The minimum atomic E-state index is -0.274. The average molecular weight is 506 g/mol. The number of aryl methyl sites for hydroxylation is 1. The molecule has 0 saturated heterocycles. The van der Waals surface area contributed by atoms with Crippen molar-refractivity contribution in [3.05, 3.63) is 60.2 Å². The first kappa shape index (κ1) is 16.2. The van der Waals surface area contributed by atoms with Gasteiger partial charge in [0.1, 0.15) is 5.75 Å². The molecule has 2 aromatic rings. The Labute approximate surface area is 149 Å². The molecule has 0 radical (unpaired) electrons. The van der Waals surface area contributed by atoms with E-state index in [1.807, 2.05) is 25.1 Å². The minimum absolute atomic E-state index is 0.157. The molecule has 0 aliphatic rings. The second-order valence-corrected chi connectivity index (χ2v) is 6.75. The van der Waals surface area contributed by atoms with Crippen LogP contribution in [0.3, 0.4) is 0 Å². The Morgan fingerprint density at radius 2 is 2.00 bits per heavy atom. The van der Waals surface area contributed by atoms with Crippen molar-refractivity contribution in [3.63, 3.8) is 0 Å². The lowest BCUT2D eigenvalue weighted by Gasteiger charge is -2.04. The molecule has 0 atom stereocenters. The molecule has 2 rings (SSSR count). The highest BCUT2D eigenvalue weighted by molar-refractivity contribution is 14.1. The predicted molar refractivity (Wildman–Crippen MR) is 99.8 cm³/mol. The van der Waals surface area contributed by atoms with Crippen LogP contribution in [0.1, 0.15) is 21.5 Å². The molecule has 2 N–H and O–H groups in total. The van der Waals surface area contributed by atoms with E-state index in [0.29, 0.717) is 11.1 Å². The van der Waals surface area contributed by atoms with Gasteiger partial charge in [0.25, 0.3) is 5.91 Å². The number of hydrogen-bond donors (Lipinski definition) is 2. The third kappa shape index (κ3) is 4.16. The zero-order chi connectivity index (χ0) is 15.4. The van der Waals surface area contributed by atoms with Gasteiger partial charge in [0.15, 0.2) is 0 Å². The summed E-state index contributed by atoms with van der Waals surface area (Å²) >= 11 is 4.21. The molecule has 0 heterocycles. The monoisotopic (exact) mass is 506 g/mol. The zero-order valence-electron chi connectivity index (χ0n) is 11.1. The number of hydrogen-bond acceptors (Lipinski definition) is 3. The Morgan fingerprint density at radius 3 is 2.71 bits per heavy atom. The molecule has 4 nitrogen and oxygen atoms in total. The number of benzene rings is 2. The van der Waals surface area contributed by atoms with E-state index in [-0.39, 0.29) is 11.7 Å². The lowest BCUT2D eigenvalue weighted by atomic mass is 10.1. The fourth-order valence-corrected chi connectivity index (χ4v) is 3.62. The third-order valence-electron chi connectivity index (χ3n) is 2.82. The molecular weight excluding hydrogens is 494 g/mol. The minimum Gasteiger partial charge on any atom is -0.506 e. The number of amides is 1. The normalized spacial score (nSPS) is 10.8. The number of carbonyl (C=O) groups excluding carboxylic acids is 1. The highest BCUT2D eigenvalue weighted by Gasteiger charge is 2.08. The van der Waals surface area contributed by atoms with Gasteiger partial charge in [0.2, 0.25) is 0 Å². The Morgan fingerprint density at radius 1 is 1.29 bits per heavy atom. The molecule has 0 spiro atoms. The van der Waals surface area contributed by atoms with Crippen molar-refractivity contribution in [1.29, 1.82) is 0 Å². The lowest BCUT2D eigenvalue weighted by molar-refractivity contribution is 0.0954. The van der Waals surface area contributed by atoms with Crippen molar-refractivity contribution < 1.29 is 9.90 Å². The van der Waals surface area contributed by atoms with Crippen molar-refractivity contribution in [2.75, 3.05) is 0 Å². The van der Waals surface area contributed by atoms with E-state index >= 15 is 0 Å². The van der Waals surface area contributed by atoms with E-state index in [0.717, 1.165) is 12.7 Å². The van der Waals surface area contributed by atoms with E-state index < -0.39 is 0 Å².